The van der Waals surface area contributed by atoms with Crippen molar-refractivity contribution in [1.29, 1.82) is 0 Å². The molecule has 0 fully saturated rings. The van der Waals surface area contributed by atoms with Gasteiger partial charge in [0.15, 0.2) is 9.84 Å². The first-order chi connectivity index (χ1) is 7.05. The van der Waals surface area contributed by atoms with Crippen LogP contribution in [0, 0.1) is 11.6 Å². The third-order valence-corrected chi connectivity index (χ3v) is 3.21. The highest BCUT2D eigenvalue weighted by atomic mass is 32.2. The Labute approximate surface area is 93.2 Å². The molecule has 0 aromatic heterocycles. The molecular formula is C10H13F2NO2S. The molecular weight excluding hydrogens is 236 g/mol. The summed E-state index contributed by atoms with van der Waals surface area (Å²) in [5.74, 6) is -1.97. The second-order valence-corrected chi connectivity index (χ2v) is 6.21. The van der Waals surface area contributed by atoms with E-state index in [4.69, 9.17) is 5.73 Å². The van der Waals surface area contributed by atoms with E-state index in [0.29, 0.717) is 0 Å². The van der Waals surface area contributed by atoms with Crippen LogP contribution in [0.25, 0.3) is 0 Å². The molecule has 0 amide bonds. The van der Waals surface area contributed by atoms with Gasteiger partial charge >= 0.3 is 0 Å². The number of hydrogen-bond acceptors (Lipinski definition) is 3. The van der Waals surface area contributed by atoms with Crippen LogP contribution in [0.5, 0.6) is 0 Å². The molecule has 0 saturated carbocycles. The van der Waals surface area contributed by atoms with Crippen molar-refractivity contribution >= 4 is 9.84 Å². The number of halogens is 2. The Balaban J connectivity index is 3.65. The third kappa shape index (κ3) is 2.38. The van der Waals surface area contributed by atoms with E-state index in [-0.39, 0.29) is 0 Å². The summed E-state index contributed by atoms with van der Waals surface area (Å²) >= 11 is 0. The van der Waals surface area contributed by atoms with Gasteiger partial charge in [-0.05, 0) is 26.0 Å². The van der Waals surface area contributed by atoms with E-state index in [1.807, 2.05) is 0 Å². The van der Waals surface area contributed by atoms with Gasteiger partial charge in [0.2, 0.25) is 0 Å². The van der Waals surface area contributed by atoms with Crippen LogP contribution in [0.15, 0.2) is 17.0 Å². The lowest BCUT2D eigenvalue weighted by atomic mass is 9.94. The minimum absolute atomic E-state index is 0.421. The first-order valence-electron chi connectivity index (χ1n) is 4.52. The average Bonchev–Trinajstić information content (AvgIpc) is 1.97. The fourth-order valence-electron chi connectivity index (χ4n) is 1.41. The summed E-state index contributed by atoms with van der Waals surface area (Å²) in [4.78, 5) is -0.539. The number of sulfone groups is 1. The Bertz CT molecular complexity index is 518. The van der Waals surface area contributed by atoms with E-state index < -0.39 is 37.5 Å². The van der Waals surface area contributed by atoms with Crippen LogP contribution in [0.1, 0.15) is 19.4 Å². The molecule has 0 aliphatic rings. The van der Waals surface area contributed by atoms with Gasteiger partial charge in [0.1, 0.15) is 16.5 Å². The minimum atomic E-state index is -3.73. The predicted molar refractivity (Wildman–Crippen MR) is 56.7 cm³/mol. The van der Waals surface area contributed by atoms with Crippen LogP contribution in [-0.2, 0) is 15.4 Å². The SMILES string of the molecule is CC(C)(N)c1c(F)ccc(S(C)(=O)=O)c1F. The zero-order chi connectivity index (χ0) is 12.7. The number of nitrogens with two attached hydrogens (primary N) is 1. The number of benzene rings is 1. The lowest BCUT2D eigenvalue weighted by Gasteiger charge is -2.21. The molecule has 1 aromatic carbocycles. The van der Waals surface area contributed by atoms with Crippen molar-refractivity contribution in [3.63, 3.8) is 0 Å². The van der Waals surface area contributed by atoms with E-state index in [2.05, 4.69) is 0 Å². The van der Waals surface area contributed by atoms with Crippen molar-refractivity contribution in [3.05, 3.63) is 29.3 Å². The van der Waals surface area contributed by atoms with Gasteiger partial charge < -0.3 is 5.73 Å². The van der Waals surface area contributed by atoms with Gasteiger partial charge in [0.25, 0.3) is 0 Å². The monoisotopic (exact) mass is 249 g/mol. The molecule has 2 N–H and O–H groups in total. The van der Waals surface area contributed by atoms with Crippen molar-refractivity contribution in [2.45, 2.75) is 24.3 Å². The molecule has 0 unspecified atom stereocenters. The standard InChI is InChI=1S/C10H13F2NO2S/c1-10(2,13)8-6(11)4-5-7(9(8)12)16(3,14)15/h4-5H,13H2,1-3H3. The number of rotatable bonds is 2. The van der Waals surface area contributed by atoms with Gasteiger partial charge in [0.05, 0.1) is 0 Å². The summed E-state index contributed by atoms with van der Waals surface area (Å²) in [7, 11) is -3.73. The molecule has 0 saturated heterocycles. The molecule has 0 aliphatic heterocycles. The van der Waals surface area contributed by atoms with Crippen molar-refractivity contribution in [3.8, 4) is 0 Å². The smallest absolute Gasteiger partial charge is 0.178 e. The first-order valence-corrected chi connectivity index (χ1v) is 6.41. The summed E-state index contributed by atoms with van der Waals surface area (Å²) in [5.41, 5.74) is 3.89. The Hall–Kier alpha value is -1.01. The lowest BCUT2D eigenvalue weighted by molar-refractivity contribution is 0.448. The van der Waals surface area contributed by atoms with E-state index in [9.17, 15) is 17.2 Å². The highest BCUT2D eigenvalue weighted by Crippen LogP contribution is 2.28. The van der Waals surface area contributed by atoms with Crippen molar-refractivity contribution < 1.29 is 17.2 Å². The zero-order valence-electron chi connectivity index (χ0n) is 9.21. The summed E-state index contributed by atoms with van der Waals surface area (Å²) in [5, 5.41) is 0. The Morgan fingerprint density at radius 2 is 1.75 bits per heavy atom. The predicted octanol–water partition coefficient (Wildman–Crippen LogP) is 1.56. The molecule has 1 aromatic rings. The minimum Gasteiger partial charge on any atom is -0.322 e. The summed E-state index contributed by atoms with van der Waals surface area (Å²) in [6, 6.07) is 1.80. The topological polar surface area (TPSA) is 60.2 Å². The molecule has 90 valence electrons. The molecule has 0 bridgehead atoms. The van der Waals surface area contributed by atoms with Crippen LogP contribution in [0.2, 0.25) is 0 Å². The van der Waals surface area contributed by atoms with Crippen molar-refractivity contribution in [2.24, 2.45) is 5.73 Å². The van der Waals surface area contributed by atoms with E-state index >= 15 is 0 Å². The van der Waals surface area contributed by atoms with Gasteiger partial charge in [-0.15, -0.1) is 0 Å². The highest BCUT2D eigenvalue weighted by molar-refractivity contribution is 7.90. The van der Waals surface area contributed by atoms with Crippen LogP contribution in [-0.4, -0.2) is 14.7 Å². The number of hydrogen-bond donors (Lipinski definition) is 1. The largest absolute Gasteiger partial charge is 0.322 e. The quantitative estimate of drug-likeness (QED) is 0.809. The molecule has 3 nitrogen and oxygen atoms in total. The van der Waals surface area contributed by atoms with Crippen LogP contribution >= 0.6 is 0 Å². The fraction of sp³-hybridized carbons (Fsp3) is 0.400. The van der Waals surface area contributed by atoms with Crippen molar-refractivity contribution in [1.82, 2.24) is 0 Å². The lowest BCUT2D eigenvalue weighted by Crippen LogP contribution is -2.32. The fourth-order valence-corrected chi connectivity index (χ4v) is 2.15. The van der Waals surface area contributed by atoms with Crippen molar-refractivity contribution in [2.75, 3.05) is 6.26 Å². The highest BCUT2D eigenvalue weighted by Gasteiger charge is 2.28. The van der Waals surface area contributed by atoms with Crippen LogP contribution in [0.3, 0.4) is 0 Å². The van der Waals surface area contributed by atoms with Gasteiger partial charge in [-0.25, -0.2) is 17.2 Å². The van der Waals surface area contributed by atoms with E-state index in [1.54, 1.807) is 0 Å². The Kier molecular flexibility index (Phi) is 3.08. The maximum atomic E-state index is 13.8. The molecule has 1 rings (SSSR count). The molecule has 0 atom stereocenters. The molecule has 0 heterocycles. The van der Waals surface area contributed by atoms with E-state index in [1.165, 1.54) is 13.8 Å². The van der Waals surface area contributed by atoms with E-state index in [0.717, 1.165) is 18.4 Å². The van der Waals surface area contributed by atoms with Gasteiger partial charge in [-0.2, -0.15) is 0 Å². The molecule has 6 heteroatoms. The first kappa shape index (κ1) is 13.1. The Morgan fingerprint density at radius 3 is 2.12 bits per heavy atom. The second kappa shape index (κ2) is 3.78. The normalized spacial score (nSPS) is 12.9. The Morgan fingerprint density at radius 1 is 1.25 bits per heavy atom. The maximum absolute atomic E-state index is 13.8. The third-order valence-electron chi connectivity index (χ3n) is 2.10. The van der Waals surface area contributed by atoms with Gasteiger partial charge in [-0.1, -0.05) is 0 Å². The summed E-state index contributed by atoms with van der Waals surface area (Å²) in [6.07, 6.45) is 0.858. The summed E-state index contributed by atoms with van der Waals surface area (Å²) < 4.78 is 49.7. The van der Waals surface area contributed by atoms with Gasteiger partial charge in [-0.3, -0.25) is 0 Å². The molecule has 16 heavy (non-hydrogen) atoms. The molecule has 0 spiro atoms. The van der Waals surface area contributed by atoms with Gasteiger partial charge in [0, 0.05) is 17.4 Å². The summed E-state index contributed by atoms with van der Waals surface area (Å²) in [6.45, 7) is 2.81. The second-order valence-electron chi connectivity index (χ2n) is 4.23. The molecule has 0 aliphatic carbocycles. The maximum Gasteiger partial charge on any atom is 0.178 e. The van der Waals surface area contributed by atoms with Crippen LogP contribution < -0.4 is 5.73 Å². The van der Waals surface area contributed by atoms with Crippen LogP contribution in [0.4, 0.5) is 8.78 Å². The average molecular weight is 249 g/mol. The zero-order valence-corrected chi connectivity index (χ0v) is 10.0. The molecule has 0 radical (unpaired) electrons.